The zero-order valence-corrected chi connectivity index (χ0v) is 20.5. The molecule has 1 aromatic heterocycles. The first-order valence-electron chi connectivity index (χ1n) is 10.4. The van der Waals surface area contributed by atoms with E-state index in [1.54, 1.807) is 47.6 Å². The molecule has 0 aliphatic rings. The Bertz CT molecular complexity index is 1170. The standard InChI is InChI=1S/C25H26ClN3O3S/c1-16(2)29(4)25(31)19-9-11-21(26)22(13-19)28-24(30)12-10-18-7-5-6-8-23(18)32-14-20-15-33-17(3)27-20/h5-13,15-16H,14H2,1-4H3,(H,28,30)/b12-10+. The molecule has 0 saturated heterocycles. The van der Waals surface area contributed by atoms with Crippen LogP contribution in [0.15, 0.2) is 53.9 Å². The SMILES string of the molecule is Cc1nc(COc2ccccc2/C=C/C(=O)Nc2cc(C(=O)N(C)C(C)C)ccc2Cl)cs1. The summed E-state index contributed by atoms with van der Waals surface area (Å²) in [5.41, 5.74) is 2.44. The molecule has 2 aromatic carbocycles. The van der Waals surface area contributed by atoms with Crippen LogP contribution in [0.5, 0.6) is 5.75 Å². The molecule has 0 aliphatic heterocycles. The van der Waals surface area contributed by atoms with Gasteiger partial charge in [0.1, 0.15) is 12.4 Å². The van der Waals surface area contributed by atoms with Gasteiger partial charge in [-0.3, -0.25) is 9.59 Å². The van der Waals surface area contributed by atoms with E-state index in [0.29, 0.717) is 28.6 Å². The smallest absolute Gasteiger partial charge is 0.253 e. The zero-order valence-electron chi connectivity index (χ0n) is 19.0. The predicted octanol–water partition coefficient (Wildman–Crippen LogP) is 5.82. The van der Waals surface area contributed by atoms with Crippen molar-refractivity contribution in [3.05, 3.63) is 80.8 Å². The van der Waals surface area contributed by atoms with Crippen molar-refractivity contribution in [3.63, 3.8) is 0 Å². The van der Waals surface area contributed by atoms with Crippen LogP contribution in [0.2, 0.25) is 5.02 Å². The van der Waals surface area contributed by atoms with Gasteiger partial charge in [0.25, 0.3) is 5.91 Å². The Morgan fingerprint density at radius 1 is 1.24 bits per heavy atom. The van der Waals surface area contributed by atoms with Gasteiger partial charge in [0.2, 0.25) is 5.91 Å². The number of aryl methyl sites for hydroxylation is 1. The molecule has 172 valence electrons. The molecule has 0 bridgehead atoms. The molecule has 0 unspecified atom stereocenters. The molecular weight excluding hydrogens is 458 g/mol. The Hall–Kier alpha value is -3.16. The number of carbonyl (C=O) groups is 2. The minimum absolute atomic E-state index is 0.0518. The second-order valence-corrected chi connectivity index (χ2v) is 9.18. The summed E-state index contributed by atoms with van der Waals surface area (Å²) in [6, 6.07) is 12.3. The number of hydrogen-bond acceptors (Lipinski definition) is 5. The predicted molar refractivity (Wildman–Crippen MR) is 134 cm³/mol. The highest BCUT2D eigenvalue weighted by Gasteiger charge is 2.16. The quantitative estimate of drug-likeness (QED) is 0.410. The fourth-order valence-electron chi connectivity index (χ4n) is 2.91. The molecule has 0 fully saturated rings. The van der Waals surface area contributed by atoms with Gasteiger partial charge in [0.05, 0.1) is 21.4 Å². The van der Waals surface area contributed by atoms with Gasteiger partial charge < -0.3 is 15.0 Å². The molecule has 0 atom stereocenters. The van der Waals surface area contributed by atoms with E-state index in [-0.39, 0.29) is 17.9 Å². The summed E-state index contributed by atoms with van der Waals surface area (Å²) in [4.78, 5) is 31.2. The first kappa shape index (κ1) is 24.5. The van der Waals surface area contributed by atoms with E-state index in [1.165, 1.54) is 6.08 Å². The molecule has 8 heteroatoms. The molecule has 0 saturated carbocycles. The van der Waals surface area contributed by atoms with E-state index in [1.807, 2.05) is 50.4 Å². The molecule has 3 aromatic rings. The van der Waals surface area contributed by atoms with Gasteiger partial charge >= 0.3 is 0 Å². The monoisotopic (exact) mass is 483 g/mol. The van der Waals surface area contributed by atoms with Gasteiger partial charge in [-0.05, 0) is 51.1 Å². The molecule has 0 aliphatic carbocycles. The summed E-state index contributed by atoms with van der Waals surface area (Å²) in [7, 11) is 1.73. The maximum absolute atomic E-state index is 12.6. The first-order chi connectivity index (χ1) is 15.7. The lowest BCUT2D eigenvalue weighted by Crippen LogP contribution is -2.33. The Kier molecular flexibility index (Phi) is 8.25. The van der Waals surface area contributed by atoms with Crippen LogP contribution in [0.3, 0.4) is 0 Å². The van der Waals surface area contributed by atoms with Crippen molar-refractivity contribution >= 4 is 46.5 Å². The van der Waals surface area contributed by atoms with Crippen molar-refractivity contribution in [1.29, 1.82) is 0 Å². The Morgan fingerprint density at radius 2 is 2.00 bits per heavy atom. The lowest BCUT2D eigenvalue weighted by molar-refractivity contribution is -0.111. The van der Waals surface area contributed by atoms with E-state index in [9.17, 15) is 9.59 Å². The van der Waals surface area contributed by atoms with Gasteiger partial charge in [-0.15, -0.1) is 11.3 Å². The molecule has 6 nitrogen and oxygen atoms in total. The van der Waals surface area contributed by atoms with Crippen LogP contribution in [0.1, 0.15) is 40.5 Å². The molecule has 1 heterocycles. The van der Waals surface area contributed by atoms with Crippen molar-refractivity contribution in [3.8, 4) is 5.75 Å². The highest BCUT2D eigenvalue weighted by molar-refractivity contribution is 7.09. The summed E-state index contributed by atoms with van der Waals surface area (Å²) in [5.74, 6) is 0.132. The number of para-hydroxylation sites is 1. The number of carbonyl (C=O) groups excluding carboxylic acids is 2. The number of hydrogen-bond donors (Lipinski definition) is 1. The number of rotatable bonds is 8. The largest absolute Gasteiger partial charge is 0.487 e. The van der Waals surface area contributed by atoms with Crippen LogP contribution in [-0.2, 0) is 11.4 Å². The number of benzene rings is 2. The van der Waals surface area contributed by atoms with Gasteiger partial charge in [0.15, 0.2) is 0 Å². The normalized spacial score (nSPS) is 11.1. The second kappa shape index (κ2) is 11.1. The average molecular weight is 484 g/mol. The van der Waals surface area contributed by atoms with Crippen LogP contribution in [0.4, 0.5) is 5.69 Å². The molecule has 1 N–H and O–H groups in total. The molecule has 2 amide bonds. The number of nitrogens with one attached hydrogen (secondary N) is 1. The number of thiazole rings is 1. The van der Waals surface area contributed by atoms with Gasteiger partial charge in [-0.25, -0.2) is 4.98 Å². The second-order valence-electron chi connectivity index (χ2n) is 7.71. The van der Waals surface area contributed by atoms with Crippen LogP contribution in [-0.4, -0.2) is 34.8 Å². The fraction of sp³-hybridized carbons (Fsp3) is 0.240. The van der Waals surface area contributed by atoms with Crippen LogP contribution in [0.25, 0.3) is 6.08 Å². The van der Waals surface area contributed by atoms with E-state index in [0.717, 1.165) is 16.3 Å². The molecule has 3 rings (SSSR count). The van der Waals surface area contributed by atoms with Crippen molar-refractivity contribution in [2.45, 2.75) is 33.4 Å². The summed E-state index contributed by atoms with van der Waals surface area (Å²) in [6.45, 7) is 6.16. The summed E-state index contributed by atoms with van der Waals surface area (Å²) >= 11 is 7.81. The number of amides is 2. The van der Waals surface area contributed by atoms with Gasteiger partial charge in [0, 0.05) is 35.7 Å². The molecule has 0 radical (unpaired) electrons. The minimum Gasteiger partial charge on any atom is -0.487 e. The number of aromatic nitrogens is 1. The van der Waals surface area contributed by atoms with Crippen molar-refractivity contribution < 1.29 is 14.3 Å². The summed E-state index contributed by atoms with van der Waals surface area (Å²) < 4.78 is 5.89. The van der Waals surface area contributed by atoms with Crippen LogP contribution >= 0.6 is 22.9 Å². The van der Waals surface area contributed by atoms with E-state index >= 15 is 0 Å². The lowest BCUT2D eigenvalue weighted by atomic mass is 10.1. The third kappa shape index (κ3) is 6.66. The fourth-order valence-corrected chi connectivity index (χ4v) is 3.67. The highest BCUT2D eigenvalue weighted by Crippen LogP contribution is 2.25. The Labute approximate surface area is 202 Å². The molecule has 0 spiro atoms. The third-order valence-electron chi connectivity index (χ3n) is 4.94. The number of nitrogens with zero attached hydrogens (tertiary/aromatic N) is 2. The zero-order chi connectivity index (χ0) is 24.0. The minimum atomic E-state index is -0.372. The van der Waals surface area contributed by atoms with Crippen molar-refractivity contribution in [2.24, 2.45) is 0 Å². The summed E-state index contributed by atoms with van der Waals surface area (Å²) in [5, 5.41) is 6.04. The maximum atomic E-state index is 12.6. The highest BCUT2D eigenvalue weighted by atomic mass is 35.5. The average Bonchev–Trinajstić information content (AvgIpc) is 3.22. The topological polar surface area (TPSA) is 71.5 Å². The number of halogens is 1. The van der Waals surface area contributed by atoms with E-state index in [2.05, 4.69) is 10.3 Å². The van der Waals surface area contributed by atoms with Crippen LogP contribution < -0.4 is 10.1 Å². The Morgan fingerprint density at radius 3 is 2.70 bits per heavy atom. The van der Waals surface area contributed by atoms with Crippen molar-refractivity contribution in [1.82, 2.24) is 9.88 Å². The molecule has 33 heavy (non-hydrogen) atoms. The third-order valence-corrected chi connectivity index (χ3v) is 6.09. The van der Waals surface area contributed by atoms with E-state index in [4.69, 9.17) is 16.3 Å². The summed E-state index contributed by atoms with van der Waals surface area (Å²) in [6.07, 6.45) is 3.08. The van der Waals surface area contributed by atoms with Gasteiger partial charge in [-0.1, -0.05) is 29.8 Å². The Balaban J connectivity index is 1.69. The van der Waals surface area contributed by atoms with Crippen molar-refractivity contribution in [2.75, 3.05) is 12.4 Å². The maximum Gasteiger partial charge on any atom is 0.253 e. The van der Waals surface area contributed by atoms with Gasteiger partial charge in [-0.2, -0.15) is 0 Å². The van der Waals surface area contributed by atoms with Crippen LogP contribution in [0, 0.1) is 6.92 Å². The van der Waals surface area contributed by atoms with E-state index < -0.39 is 0 Å². The number of anilines is 1. The first-order valence-corrected chi connectivity index (χ1v) is 11.7. The molecular formula is C25H26ClN3O3S. The lowest BCUT2D eigenvalue weighted by Gasteiger charge is -2.21. The number of ether oxygens (including phenoxy) is 1.